The van der Waals surface area contributed by atoms with Gasteiger partial charge in [-0.3, -0.25) is 14.8 Å². The molecule has 0 aromatic carbocycles. The lowest BCUT2D eigenvalue weighted by atomic mass is 10.4. The van der Waals surface area contributed by atoms with E-state index in [9.17, 15) is 13.2 Å². The van der Waals surface area contributed by atoms with Gasteiger partial charge >= 0.3 is 0 Å². The number of nitrogens with one attached hydrogen (secondary N) is 1. The Bertz CT molecular complexity index is 570. The van der Waals surface area contributed by atoms with E-state index in [2.05, 4.69) is 10.2 Å². The van der Waals surface area contributed by atoms with Gasteiger partial charge in [0.2, 0.25) is 15.9 Å². The predicted octanol–water partition coefficient (Wildman–Crippen LogP) is -0.806. The van der Waals surface area contributed by atoms with Crippen LogP contribution in [0.5, 0.6) is 0 Å². The number of H-pyrrole nitrogens is 1. The number of nitrogens with zero attached hydrogens (tertiary/aromatic N) is 4. The lowest BCUT2D eigenvalue weighted by Gasteiger charge is -2.22. The zero-order valence-electron chi connectivity index (χ0n) is 12.3. The highest BCUT2D eigenvalue weighted by molar-refractivity contribution is 7.89. The molecule has 1 saturated heterocycles. The molecule has 8 nitrogen and oxygen atoms in total. The van der Waals surface area contributed by atoms with Crippen molar-refractivity contribution in [2.45, 2.75) is 11.3 Å². The standard InChI is InChI=1S/C12H21N5O3S/c1-15(2)12(18)10-16-4-3-5-17(7-6-16)21(19,20)11-8-13-14-9-11/h8-9H,3-7,10H2,1-2H3,(H,13,14). The van der Waals surface area contributed by atoms with Crippen LogP contribution in [0.3, 0.4) is 0 Å². The second-order valence-electron chi connectivity index (χ2n) is 5.26. The number of carbonyl (C=O) groups is 1. The van der Waals surface area contributed by atoms with Gasteiger partial charge in [-0.15, -0.1) is 0 Å². The highest BCUT2D eigenvalue weighted by Gasteiger charge is 2.28. The predicted molar refractivity (Wildman–Crippen MR) is 77.1 cm³/mol. The molecule has 0 bridgehead atoms. The van der Waals surface area contributed by atoms with Crippen molar-refractivity contribution in [3.05, 3.63) is 12.4 Å². The summed E-state index contributed by atoms with van der Waals surface area (Å²) in [5.74, 6) is 0.0288. The molecule has 0 unspecified atom stereocenters. The van der Waals surface area contributed by atoms with E-state index in [1.807, 2.05) is 4.90 Å². The molecule has 1 amide bonds. The highest BCUT2D eigenvalue weighted by atomic mass is 32.2. The van der Waals surface area contributed by atoms with E-state index in [0.717, 1.165) is 6.54 Å². The normalized spacial score (nSPS) is 18.4. The van der Waals surface area contributed by atoms with Gasteiger partial charge in [-0.2, -0.15) is 9.40 Å². The van der Waals surface area contributed by atoms with Gasteiger partial charge in [0, 0.05) is 39.9 Å². The molecule has 118 valence electrons. The molecule has 1 aliphatic rings. The number of aromatic nitrogens is 2. The lowest BCUT2D eigenvalue weighted by molar-refractivity contribution is -0.129. The second-order valence-corrected chi connectivity index (χ2v) is 7.19. The summed E-state index contributed by atoms with van der Waals surface area (Å²) < 4.78 is 26.3. The minimum absolute atomic E-state index is 0.0288. The van der Waals surface area contributed by atoms with Crippen molar-refractivity contribution in [3.63, 3.8) is 0 Å². The Morgan fingerprint density at radius 1 is 1.33 bits per heavy atom. The average Bonchev–Trinajstić information content (AvgIpc) is 2.87. The first kappa shape index (κ1) is 15.9. The molecule has 0 spiro atoms. The van der Waals surface area contributed by atoms with Crippen LogP contribution in [0.2, 0.25) is 0 Å². The third-order valence-electron chi connectivity index (χ3n) is 3.52. The molecule has 1 aliphatic heterocycles. The summed E-state index contributed by atoms with van der Waals surface area (Å²) in [5, 5.41) is 6.21. The summed E-state index contributed by atoms with van der Waals surface area (Å²) in [6, 6.07) is 0. The Morgan fingerprint density at radius 3 is 2.71 bits per heavy atom. The smallest absolute Gasteiger partial charge is 0.246 e. The topological polar surface area (TPSA) is 89.6 Å². The second kappa shape index (κ2) is 6.54. The monoisotopic (exact) mass is 315 g/mol. The van der Waals surface area contributed by atoms with Crippen molar-refractivity contribution in [1.82, 2.24) is 24.3 Å². The van der Waals surface area contributed by atoms with Crippen molar-refractivity contribution >= 4 is 15.9 Å². The molecule has 9 heteroatoms. The first-order valence-corrected chi connectivity index (χ1v) is 8.26. The minimum atomic E-state index is -3.49. The number of hydrogen-bond acceptors (Lipinski definition) is 5. The van der Waals surface area contributed by atoms with Gasteiger partial charge in [0.15, 0.2) is 0 Å². The van der Waals surface area contributed by atoms with Crippen molar-refractivity contribution < 1.29 is 13.2 Å². The number of carbonyl (C=O) groups excluding carboxylic acids is 1. The van der Waals surface area contributed by atoms with Crippen LogP contribution in [0.25, 0.3) is 0 Å². The fourth-order valence-corrected chi connectivity index (χ4v) is 3.58. The largest absolute Gasteiger partial charge is 0.348 e. The highest BCUT2D eigenvalue weighted by Crippen LogP contribution is 2.16. The minimum Gasteiger partial charge on any atom is -0.348 e. The first-order chi connectivity index (χ1) is 9.91. The van der Waals surface area contributed by atoms with Crippen molar-refractivity contribution in [2.24, 2.45) is 0 Å². The number of hydrogen-bond donors (Lipinski definition) is 1. The average molecular weight is 315 g/mol. The van der Waals surface area contributed by atoms with E-state index in [1.54, 1.807) is 19.0 Å². The van der Waals surface area contributed by atoms with Crippen molar-refractivity contribution in [2.75, 3.05) is 46.8 Å². The maximum absolute atomic E-state index is 12.4. The molecule has 0 aliphatic carbocycles. The Labute approximate surface area is 124 Å². The van der Waals surface area contributed by atoms with Gasteiger partial charge in [-0.1, -0.05) is 0 Å². The third kappa shape index (κ3) is 3.80. The lowest BCUT2D eigenvalue weighted by Crippen LogP contribution is -2.39. The zero-order valence-corrected chi connectivity index (χ0v) is 13.1. The summed E-state index contributed by atoms with van der Waals surface area (Å²) >= 11 is 0. The Hall–Kier alpha value is -1.45. The maximum atomic E-state index is 12.4. The van der Waals surface area contributed by atoms with E-state index in [0.29, 0.717) is 32.6 Å². The van der Waals surface area contributed by atoms with Crippen LogP contribution in [0.4, 0.5) is 0 Å². The summed E-state index contributed by atoms with van der Waals surface area (Å²) in [6.07, 6.45) is 3.40. The van der Waals surface area contributed by atoms with Crippen LogP contribution in [-0.4, -0.2) is 85.4 Å². The molecule has 21 heavy (non-hydrogen) atoms. The van der Waals surface area contributed by atoms with Gasteiger partial charge in [0.25, 0.3) is 0 Å². The third-order valence-corrected chi connectivity index (χ3v) is 5.38. The van der Waals surface area contributed by atoms with Crippen molar-refractivity contribution in [3.8, 4) is 0 Å². The van der Waals surface area contributed by atoms with Crippen molar-refractivity contribution in [1.29, 1.82) is 0 Å². The summed E-state index contributed by atoms with van der Waals surface area (Å²) in [5.41, 5.74) is 0. The van der Waals surface area contributed by atoms with E-state index in [4.69, 9.17) is 0 Å². The Kier molecular flexibility index (Phi) is 4.96. The number of likely N-dealkylation sites (N-methyl/N-ethyl adjacent to an activating group) is 1. The van der Waals surface area contributed by atoms with Gasteiger partial charge < -0.3 is 4.90 Å². The number of sulfonamides is 1. The van der Waals surface area contributed by atoms with Crippen LogP contribution < -0.4 is 0 Å². The molecule has 0 atom stereocenters. The van der Waals surface area contributed by atoms with E-state index >= 15 is 0 Å². The molecule has 2 rings (SSSR count). The molecule has 1 aromatic rings. The van der Waals surface area contributed by atoms with Crippen LogP contribution in [0, 0.1) is 0 Å². The van der Waals surface area contributed by atoms with E-state index in [1.165, 1.54) is 16.7 Å². The SMILES string of the molecule is CN(C)C(=O)CN1CCCN(S(=O)(=O)c2cn[nH]c2)CC1. The van der Waals surface area contributed by atoms with Gasteiger partial charge in [0.05, 0.1) is 12.7 Å². The summed E-state index contributed by atoms with van der Waals surface area (Å²) in [6.45, 7) is 2.44. The summed E-state index contributed by atoms with van der Waals surface area (Å²) in [4.78, 5) is 15.4. The number of rotatable bonds is 4. The number of amides is 1. The van der Waals surface area contributed by atoms with Crippen LogP contribution in [0.1, 0.15) is 6.42 Å². The fourth-order valence-electron chi connectivity index (χ4n) is 2.21. The van der Waals surface area contributed by atoms with Gasteiger partial charge in [-0.25, -0.2) is 8.42 Å². The molecule has 1 N–H and O–H groups in total. The van der Waals surface area contributed by atoms with Crippen LogP contribution in [-0.2, 0) is 14.8 Å². The molecule has 1 fully saturated rings. The number of aromatic amines is 1. The van der Waals surface area contributed by atoms with Crippen LogP contribution in [0.15, 0.2) is 17.3 Å². The molecule has 2 heterocycles. The van der Waals surface area contributed by atoms with Crippen LogP contribution >= 0.6 is 0 Å². The Morgan fingerprint density at radius 2 is 2.10 bits per heavy atom. The first-order valence-electron chi connectivity index (χ1n) is 6.82. The van der Waals surface area contributed by atoms with E-state index < -0.39 is 10.0 Å². The molecule has 0 radical (unpaired) electrons. The summed E-state index contributed by atoms with van der Waals surface area (Å²) in [7, 11) is -0.0565. The Balaban J connectivity index is 2.00. The van der Waals surface area contributed by atoms with Gasteiger partial charge in [-0.05, 0) is 13.0 Å². The fraction of sp³-hybridized carbons (Fsp3) is 0.667. The quantitative estimate of drug-likeness (QED) is 0.785. The van der Waals surface area contributed by atoms with Gasteiger partial charge in [0.1, 0.15) is 4.90 Å². The van der Waals surface area contributed by atoms with E-state index in [-0.39, 0.29) is 10.8 Å². The molecule has 0 saturated carbocycles. The molecular weight excluding hydrogens is 294 g/mol. The molecule has 1 aromatic heterocycles. The maximum Gasteiger partial charge on any atom is 0.246 e. The molecular formula is C12H21N5O3S. The zero-order chi connectivity index (χ0) is 15.5.